The SMILES string of the molecule is COC(=O)C12C(=O)OC(C(Cl)(Cl)Cl)C1C2(C)C. The zero-order chi connectivity index (χ0) is 13.2. The molecule has 7 heteroatoms. The van der Waals surface area contributed by atoms with Crippen molar-refractivity contribution in [3.8, 4) is 0 Å². The summed E-state index contributed by atoms with van der Waals surface area (Å²) in [6, 6.07) is 0. The van der Waals surface area contributed by atoms with E-state index in [0.717, 1.165) is 0 Å². The minimum Gasteiger partial charge on any atom is -0.468 e. The van der Waals surface area contributed by atoms with Crippen LogP contribution >= 0.6 is 34.8 Å². The van der Waals surface area contributed by atoms with Gasteiger partial charge in [0.25, 0.3) is 0 Å². The normalized spacial score (nSPS) is 38.4. The summed E-state index contributed by atoms with van der Waals surface area (Å²) in [5.74, 6) is -1.77. The largest absolute Gasteiger partial charge is 0.468 e. The van der Waals surface area contributed by atoms with Gasteiger partial charge >= 0.3 is 11.9 Å². The predicted octanol–water partition coefficient (Wildman–Crippen LogP) is 2.10. The molecule has 0 aromatic carbocycles. The zero-order valence-electron chi connectivity index (χ0n) is 9.42. The quantitative estimate of drug-likeness (QED) is 0.423. The number of esters is 2. The summed E-state index contributed by atoms with van der Waals surface area (Å²) in [5.41, 5.74) is -1.94. The van der Waals surface area contributed by atoms with Crippen LogP contribution in [0.25, 0.3) is 0 Å². The van der Waals surface area contributed by atoms with Crippen molar-refractivity contribution >= 4 is 46.7 Å². The highest BCUT2D eigenvalue weighted by Crippen LogP contribution is 2.76. The Hall–Kier alpha value is -0.190. The molecule has 4 nitrogen and oxygen atoms in total. The van der Waals surface area contributed by atoms with Gasteiger partial charge in [0.2, 0.25) is 3.79 Å². The Bertz CT molecular complexity index is 401. The molecule has 1 aliphatic carbocycles. The molecule has 17 heavy (non-hydrogen) atoms. The molecule has 0 aromatic heterocycles. The average molecular weight is 302 g/mol. The van der Waals surface area contributed by atoms with E-state index in [1.165, 1.54) is 7.11 Å². The highest BCUT2D eigenvalue weighted by Gasteiger charge is 2.89. The maximum absolute atomic E-state index is 11.9. The Morgan fingerprint density at radius 1 is 1.41 bits per heavy atom. The minimum absolute atomic E-state index is 0.470. The maximum atomic E-state index is 11.9. The molecule has 0 amide bonds. The lowest BCUT2D eigenvalue weighted by molar-refractivity contribution is -0.162. The van der Waals surface area contributed by atoms with Gasteiger partial charge in [-0.15, -0.1) is 0 Å². The van der Waals surface area contributed by atoms with Crippen LogP contribution in [0.3, 0.4) is 0 Å². The first-order valence-electron chi connectivity index (χ1n) is 4.98. The smallest absolute Gasteiger partial charge is 0.324 e. The van der Waals surface area contributed by atoms with Crippen LogP contribution in [0.1, 0.15) is 13.8 Å². The fraction of sp³-hybridized carbons (Fsp3) is 0.800. The molecule has 1 aliphatic heterocycles. The summed E-state index contributed by atoms with van der Waals surface area (Å²) < 4.78 is 7.94. The van der Waals surface area contributed by atoms with Gasteiger partial charge in [0.15, 0.2) is 11.5 Å². The van der Waals surface area contributed by atoms with Crippen LogP contribution in [0.5, 0.6) is 0 Å². The third-order valence-electron chi connectivity index (χ3n) is 3.87. The molecular formula is C10H11Cl3O4. The van der Waals surface area contributed by atoms with Gasteiger partial charge in [0.05, 0.1) is 7.11 Å². The molecule has 2 aliphatic rings. The number of carbonyl (C=O) groups excluding carboxylic acids is 2. The Kier molecular flexibility index (Phi) is 2.67. The Labute approximate surface area is 113 Å². The van der Waals surface area contributed by atoms with Crippen LogP contribution in [0, 0.1) is 16.7 Å². The highest BCUT2D eigenvalue weighted by molar-refractivity contribution is 6.68. The number of rotatable bonds is 1. The Morgan fingerprint density at radius 2 is 1.94 bits per heavy atom. The predicted molar refractivity (Wildman–Crippen MR) is 61.9 cm³/mol. The van der Waals surface area contributed by atoms with Gasteiger partial charge in [0.1, 0.15) is 0 Å². The molecular weight excluding hydrogens is 290 g/mol. The van der Waals surface area contributed by atoms with Crippen LogP contribution < -0.4 is 0 Å². The number of methoxy groups -OCH3 is 1. The average Bonchev–Trinajstić information content (AvgIpc) is 2.52. The first-order valence-corrected chi connectivity index (χ1v) is 6.11. The van der Waals surface area contributed by atoms with E-state index >= 15 is 0 Å². The fourth-order valence-corrected chi connectivity index (χ4v) is 3.48. The van der Waals surface area contributed by atoms with Gasteiger partial charge in [-0.25, -0.2) is 0 Å². The molecule has 1 saturated carbocycles. The summed E-state index contributed by atoms with van der Waals surface area (Å²) in [7, 11) is 1.22. The lowest BCUT2D eigenvalue weighted by Crippen LogP contribution is -2.34. The molecule has 0 spiro atoms. The maximum Gasteiger partial charge on any atom is 0.324 e. The molecule has 3 atom stereocenters. The minimum atomic E-state index is -1.75. The van der Waals surface area contributed by atoms with E-state index in [9.17, 15) is 9.59 Å². The molecule has 96 valence electrons. The topological polar surface area (TPSA) is 52.6 Å². The molecule has 0 N–H and O–H groups in total. The third-order valence-corrected chi connectivity index (χ3v) is 4.51. The van der Waals surface area contributed by atoms with Crippen molar-refractivity contribution in [3.63, 3.8) is 0 Å². The first-order chi connectivity index (χ1) is 7.61. The molecule has 3 unspecified atom stereocenters. The van der Waals surface area contributed by atoms with Crippen molar-refractivity contribution in [2.45, 2.75) is 23.7 Å². The number of hydrogen-bond acceptors (Lipinski definition) is 4. The summed E-state index contributed by atoms with van der Waals surface area (Å²) >= 11 is 17.3. The van der Waals surface area contributed by atoms with Gasteiger partial charge in [-0.2, -0.15) is 0 Å². The van der Waals surface area contributed by atoms with E-state index in [4.69, 9.17) is 39.5 Å². The number of halogens is 3. The number of alkyl halides is 3. The van der Waals surface area contributed by atoms with Gasteiger partial charge in [-0.05, 0) is 0 Å². The van der Waals surface area contributed by atoms with Gasteiger partial charge in [0, 0.05) is 11.3 Å². The van der Waals surface area contributed by atoms with Gasteiger partial charge in [-0.1, -0.05) is 48.7 Å². The van der Waals surface area contributed by atoms with Crippen LogP contribution in [0.4, 0.5) is 0 Å². The molecule has 2 fully saturated rings. The number of carbonyl (C=O) groups is 2. The lowest BCUT2D eigenvalue weighted by Gasteiger charge is -2.24. The van der Waals surface area contributed by atoms with Crippen LogP contribution in [-0.2, 0) is 19.1 Å². The molecule has 0 aromatic rings. The second-order valence-corrected chi connectivity index (χ2v) is 7.24. The number of cyclic esters (lactones) is 1. The number of hydrogen-bond donors (Lipinski definition) is 0. The molecule has 1 saturated heterocycles. The second kappa shape index (κ2) is 3.43. The van der Waals surface area contributed by atoms with E-state index in [2.05, 4.69) is 4.74 Å². The van der Waals surface area contributed by atoms with Crippen LogP contribution in [-0.4, -0.2) is 28.9 Å². The summed E-state index contributed by atoms with van der Waals surface area (Å²) in [6.45, 7) is 3.52. The molecule has 2 rings (SSSR count). The van der Waals surface area contributed by atoms with Crippen molar-refractivity contribution in [2.75, 3.05) is 7.11 Å². The summed E-state index contributed by atoms with van der Waals surface area (Å²) in [5, 5.41) is 0. The van der Waals surface area contributed by atoms with Crippen molar-refractivity contribution in [1.29, 1.82) is 0 Å². The molecule has 0 radical (unpaired) electrons. The van der Waals surface area contributed by atoms with Crippen molar-refractivity contribution in [3.05, 3.63) is 0 Å². The monoisotopic (exact) mass is 300 g/mol. The highest BCUT2D eigenvalue weighted by atomic mass is 35.6. The van der Waals surface area contributed by atoms with Gasteiger partial charge in [-0.3, -0.25) is 9.59 Å². The second-order valence-electron chi connectivity index (χ2n) is 4.87. The van der Waals surface area contributed by atoms with Crippen LogP contribution in [0.2, 0.25) is 0 Å². The molecule has 0 bridgehead atoms. The summed E-state index contributed by atoms with van der Waals surface area (Å²) in [6.07, 6.45) is -0.922. The number of fused-ring (bicyclic) bond motifs is 1. The van der Waals surface area contributed by atoms with Crippen molar-refractivity contribution < 1.29 is 19.1 Å². The van der Waals surface area contributed by atoms with E-state index in [-0.39, 0.29) is 0 Å². The fourth-order valence-electron chi connectivity index (χ4n) is 2.97. The molecule has 1 heterocycles. The van der Waals surface area contributed by atoms with Crippen molar-refractivity contribution in [2.24, 2.45) is 16.7 Å². The Balaban J connectivity index is 2.44. The number of ether oxygens (including phenoxy) is 2. The van der Waals surface area contributed by atoms with E-state index in [1.54, 1.807) is 13.8 Å². The van der Waals surface area contributed by atoms with E-state index in [0.29, 0.717) is 0 Å². The standard InChI is InChI=1S/C10H11Cl3O4/c1-8(2)4-5(10(11,12)13)17-7(15)9(4,8)6(14)16-3/h4-5H,1-3H3. The third kappa shape index (κ3) is 1.38. The summed E-state index contributed by atoms with van der Waals surface area (Å²) in [4.78, 5) is 23.7. The van der Waals surface area contributed by atoms with Crippen molar-refractivity contribution in [1.82, 2.24) is 0 Å². The van der Waals surface area contributed by atoms with Gasteiger partial charge < -0.3 is 9.47 Å². The zero-order valence-corrected chi connectivity index (χ0v) is 11.7. The van der Waals surface area contributed by atoms with E-state index in [1.807, 2.05) is 0 Å². The van der Waals surface area contributed by atoms with Crippen LogP contribution in [0.15, 0.2) is 0 Å². The first kappa shape index (κ1) is 13.2. The van der Waals surface area contributed by atoms with E-state index < -0.39 is 38.6 Å². The lowest BCUT2D eigenvalue weighted by atomic mass is 9.96. The Morgan fingerprint density at radius 3 is 2.29 bits per heavy atom.